The van der Waals surface area contributed by atoms with Gasteiger partial charge in [-0.05, 0) is 12.1 Å². The Morgan fingerprint density at radius 3 is 2.74 bits per heavy atom. The minimum atomic E-state index is -0.507. The Morgan fingerprint density at radius 2 is 2.05 bits per heavy atom. The summed E-state index contributed by atoms with van der Waals surface area (Å²) in [5.41, 5.74) is -1.00. The summed E-state index contributed by atoms with van der Waals surface area (Å²) in [6.45, 7) is 1.79. The molecule has 0 aliphatic carbocycles. The molecule has 2 aromatic heterocycles. The smallest absolute Gasteiger partial charge is 0.312 e. The van der Waals surface area contributed by atoms with Crippen molar-refractivity contribution in [1.82, 2.24) is 14.5 Å². The van der Waals surface area contributed by atoms with Gasteiger partial charge in [0.2, 0.25) is 0 Å². The molecule has 2 rings (SSSR count). The maximum Gasteiger partial charge on any atom is 0.316 e. The van der Waals surface area contributed by atoms with Gasteiger partial charge in [-0.3, -0.25) is 9.59 Å². The van der Waals surface area contributed by atoms with Gasteiger partial charge in [0.25, 0.3) is 0 Å². The van der Waals surface area contributed by atoms with Crippen LogP contribution in [0.2, 0.25) is 4.34 Å². The van der Waals surface area contributed by atoms with Gasteiger partial charge >= 0.3 is 11.1 Å². The van der Waals surface area contributed by atoms with Crippen LogP contribution in [0.3, 0.4) is 0 Å². The number of hydrogen-bond acceptors (Lipinski definition) is 4. The Bertz CT molecular complexity index is 674. The number of aromatic nitrogens is 2. The third-order valence-corrected chi connectivity index (χ3v) is 3.92. The summed E-state index contributed by atoms with van der Waals surface area (Å²) in [5, 5.41) is 3.21. The summed E-state index contributed by atoms with van der Waals surface area (Å²) in [6.07, 6.45) is 3.20. The van der Waals surface area contributed by atoms with Gasteiger partial charge in [-0.1, -0.05) is 11.6 Å². The average Bonchev–Trinajstić information content (AvgIpc) is 2.80. The zero-order valence-electron chi connectivity index (χ0n) is 10.4. The van der Waals surface area contributed by atoms with E-state index in [1.807, 2.05) is 12.1 Å². The van der Waals surface area contributed by atoms with Crippen LogP contribution in [0.5, 0.6) is 0 Å². The largest absolute Gasteiger partial charge is 0.316 e. The Labute approximate surface area is 119 Å². The highest BCUT2D eigenvalue weighted by atomic mass is 35.5. The summed E-state index contributed by atoms with van der Waals surface area (Å²) in [6, 6.07) is 3.82. The monoisotopic (exact) mass is 299 g/mol. The van der Waals surface area contributed by atoms with E-state index in [0.29, 0.717) is 19.6 Å². The predicted molar refractivity (Wildman–Crippen MR) is 77.0 cm³/mol. The molecule has 0 amide bonds. The molecule has 0 aromatic carbocycles. The van der Waals surface area contributed by atoms with E-state index < -0.39 is 11.1 Å². The van der Waals surface area contributed by atoms with Crippen LogP contribution < -0.4 is 16.4 Å². The van der Waals surface area contributed by atoms with Crippen LogP contribution in [0.1, 0.15) is 4.88 Å². The molecule has 1 N–H and O–H groups in total. The van der Waals surface area contributed by atoms with E-state index >= 15 is 0 Å². The van der Waals surface area contributed by atoms with Crippen LogP contribution in [0.15, 0.2) is 34.1 Å². The first kappa shape index (κ1) is 14.0. The highest BCUT2D eigenvalue weighted by Crippen LogP contribution is 2.20. The summed E-state index contributed by atoms with van der Waals surface area (Å²) >= 11 is 7.35. The third-order valence-electron chi connectivity index (χ3n) is 2.69. The van der Waals surface area contributed by atoms with Crippen molar-refractivity contribution in [2.24, 2.45) is 7.05 Å². The van der Waals surface area contributed by atoms with Crippen LogP contribution >= 0.6 is 22.9 Å². The number of halogens is 1. The Morgan fingerprint density at radius 1 is 1.26 bits per heavy atom. The van der Waals surface area contributed by atoms with Crippen molar-refractivity contribution in [2.75, 3.05) is 6.54 Å². The lowest BCUT2D eigenvalue weighted by atomic mass is 10.4. The minimum Gasteiger partial charge on any atom is -0.312 e. The van der Waals surface area contributed by atoms with Crippen LogP contribution in [-0.4, -0.2) is 15.7 Å². The van der Waals surface area contributed by atoms with Gasteiger partial charge in [-0.2, -0.15) is 0 Å². The first-order valence-electron chi connectivity index (χ1n) is 5.79. The van der Waals surface area contributed by atoms with E-state index in [2.05, 4.69) is 5.32 Å². The van der Waals surface area contributed by atoms with Crippen molar-refractivity contribution in [3.63, 3.8) is 0 Å². The van der Waals surface area contributed by atoms with E-state index in [0.717, 1.165) is 9.21 Å². The molecule has 2 heterocycles. The summed E-state index contributed by atoms with van der Waals surface area (Å²) < 4.78 is 3.45. The first-order chi connectivity index (χ1) is 9.08. The van der Waals surface area contributed by atoms with E-state index in [-0.39, 0.29) is 0 Å². The van der Waals surface area contributed by atoms with E-state index in [1.54, 1.807) is 19.4 Å². The van der Waals surface area contributed by atoms with Gasteiger partial charge < -0.3 is 14.5 Å². The summed E-state index contributed by atoms with van der Waals surface area (Å²) in [5.74, 6) is 0. The van der Waals surface area contributed by atoms with Crippen molar-refractivity contribution >= 4 is 22.9 Å². The SMILES string of the molecule is Cn1ccn(CCNCc2ccc(Cl)s2)c(=O)c1=O. The lowest BCUT2D eigenvalue weighted by Crippen LogP contribution is -2.40. The molecular formula is C12H14ClN3O2S. The second-order valence-electron chi connectivity index (χ2n) is 4.10. The fraction of sp³-hybridized carbons (Fsp3) is 0.333. The molecule has 0 aliphatic heterocycles. The second kappa shape index (κ2) is 6.18. The van der Waals surface area contributed by atoms with Crippen molar-refractivity contribution in [1.29, 1.82) is 0 Å². The molecule has 0 bridgehead atoms. The topological polar surface area (TPSA) is 56.0 Å². The molecule has 5 nitrogen and oxygen atoms in total. The molecule has 102 valence electrons. The summed E-state index contributed by atoms with van der Waals surface area (Å²) in [7, 11) is 1.56. The normalized spacial score (nSPS) is 10.8. The molecule has 0 radical (unpaired) electrons. The Hall–Kier alpha value is -1.37. The van der Waals surface area contributed by atoms with E-state index in [4.69, 9.17) is 11.6 Å². The zero-order chi connectivity index (χ0) is 13.8. The second-order valence-corrected chi connectivity index (χ2v) is 5.89. The molecule has 2 aromatic rings. The minimum absolute atomic E-state index is 0.466. The highest BCUT2D eigenvalue weighted by molar-refractivity contribution is 7.16. The average molecular weight is 300 g/mol. The lowest BCUT2D eigenvalue weighted by molar-refractivity contribution is 0.574. The molecule has 0 aliphatic rings. The fourth-order valence-corrected chi connectivity index (χ4v) is 2.68. The van der Waals surface area contributed by atoms with E-state index in [9.17, 15) is 9.59 Å². The molecule has 7 heteroatoms. The van der Waals surface area contributed by atoms with Gasteiger partial charge in [0, 0.05) is 44.0 Å². The van der Waals surface area contributed by atoms with Gasteiger partial charge in [0.15, 0.2) is 0 Å². The van der Waals surface area contributed by atoms with Gasteiger partial charge in [0.05, 0.1) is 4.34 Å². The number of nitrogens with zero attached hydrogens (tertiary/aromatic N) is 2. The lowest BCUT2D eigenvalue weighted by Gasteiger charge is -2.06. The molecule has 0 saturated carbocycles. The quantitative estimate of drug-likeness (QED) is 0.663. The van der Waals surface area contributed by atoms with Gasteiger partial charge in [-0.25, -0.2) is 0 Å². The molecule has 0 spiro atoms. The highest BCUT2D eigenvalue weighted by Gasteiger charge is 2.02. The number of aryl methyl sites for hydroxylation is 1. The zero-order valence-corrected chi connectivity index (χ0v) is 12.0. The fourth-order valence-electron chi connectivity index (χ4n) is 1.62. The summed E-state index contributed by atoms with van der Waals surface area (Å²) in [4.78, 5) is 24.2. The van der Waals surface area contributed by atoms with Crippen molar-refractivity contribution in [3.8, 4) is 0 Å². The third kappa shape index (κ3) is 3.56. The molecule has 0 atom stereocenters. The van der Waals surface area contributed by atoms with Crippen molar-refractivity contribution < 1.29 is 0 Å². The molecule has 0 saturated heterocycles. The van der Waals surface area contributed by atoms with E-state index in [1.165, 1.54) is 20.5 Å². The molecule has 0 fully saturated rings. The molecule has 0 unspecified atom stereocenters. The maximum atomic E-state index is 11.6. The van der Waals surface area contributed by atoms with Crippen LogP contribution in [-0.2, 0) is 20.1 Å². The first-order valence-corrected chi connectivity index (χ1v) is 6.98. The van der Waals surface area contributed by atoms with Crippen LogP contribution in [0.25, 0.3) is 0 Å². The molecule has 19 heavy (non-hydrogen) atoms. The molecular weight excluding hydrogens is 286 g/mol. The van der Waals surface area contributed by atoms with Crippen molar-refractivity contribution in [3.05, 3.63) is 54.4 Å². The number of nitrogens with one attached hydrogen (secondary N) is 1. The van der Waals surface area contributed by atoms with Crippen molar-refractivity contribution in [2.45, 2.75) is 13.1 Å². The number of thiophene rings is 1. The van der Waals surface area contributed by atoms with Gasteiger partial charge in [-0.15, -0.1) is 11.3 Å². The standard InChI is InChI=1S/C12H14ClN3O2S/c1-15-6-7-16(12(18)11(15)17)5-4-14-8-9-2-3-10(13)19-9/h2-3,6-7,14H,4-5,8H2,1H3. The maximum absolute atomic E-state index is 11.6. The number of hydrogen-bond donors (Lipinski definition) is 1. The predicted octanol–water partition coefficient (Wildman–Crippen LogP) is 1.05. The Kier molecular flexibility index (Phi) is 4.57. The number of rotatable bonds is 5. The van der Waals surface area contributed by atoms with Crippen LogP contribution in [0.4, 0.5) is 0 Å². The van der Waals surface area contributed by atoms with Crippen LogP contribution in [0, 0.1) is 0 Å². The Balaban J connectivity index is 1.88. The van der Waals surface area contributed by atoms with Gasteiger partial charge in [0.1, 0.15) is 0 Å².